The number of likely N-dealkylation sites (N-methyl/N-ethyl adjacent to an activating group) is 1. The molecule has 0 aliphatic heterocycles. The monoisotopic (exact) mass is 470 g/mol. The first-order chi connectivity index (χ1) is 16.3. The Morgan fingerprint density at radius 2 is 1.56 bits per heavy atom. The fourth-order valence-corrected chi connectivity index (χ4v) is 3.43. The first-order valence-corrected chi connectivity index (χ1v) is 10.8. The molecule has 3 aromatic rings. The van der Waals surface area contributed by atoms with Gasteiger partial charge in [0.25, 0.3) is 0 Å². The Morgan fingerprint density at radius 3 is 2.26 bits per heavy atom. The summed E-state index contributed by atoms with van der Waals surface area (Å²) >= 11 is 0. The first kappa shape index (κ1) is 24.8. The molecule has 3 aromatic carbocycles. The number of halogens is 3. The van der Waals surface area contributed by atoms with E-state index in [1.54, 1.807) is 6.92 Å². The lowest BCUT2D eigenvalue weighted by Crippen LogP contribution is -2.38. The molecule has 0 atom stereocenters. The van der Waals surface area contributed by atoms with Crippen molar-refractivity contribution in [1.29, 1.82) is 0 Å². The molecule has 34 heavy (non-hydrogen) atoms. The van der Waals surface area contributed by atoms with Crippen molar-refractivity contribution in [2.45, 2.75) is 19.5 Å². The third kappa shape index (κ3) is 6.60. The number of amides is 2. The Balaban J connectivity index is 1.57. The highest BCUT2D eigenvalue weighted by molar-refractivity contribution is 5.95. The largest absolute Gasteiger partial charge is 0.492 e. The summed E-state index contributed by atoms with van der Waals surface area (Å²) < 4.78 is 45.3. The van der Waals surface area contributed by atoms with E-state index in [9.17, 15) is 22.8 Å². The van der Waals surface area contributed by atoms with Gasteiger partial charge in [-0.25, -0.2) is 0 Å². The number of para-hydroxylation sites is 2. The summed E-state index contributed by atoms with van der Waals surface area (Å²) in [5.41, 5.74) is 0.591. The van der Waals surface area contributed by atoms with Crippen LogP contribution in [0.2, 0.25) is 0 Å². The molecule has 0 bridgehead atoms. The molecular weight excluding hydrogens is 445 g/mol. The quantitative estimate of drug-likeness (QED) is 0.441. The van der Waals surface area contributed by atoms with Crippen LogP contribution in [0.3, 0.4) is 0 Å². The molecule has 0 fully saturated rings. The second kappa shape index (κ2) is 11.4. The maximum atomic E-state index is 13.1. The molecule has 5 nitrogen and oxygen atoms in total. The number of carbonyl (C=O) groups excluding carboxylic acids is 2. The zero-order valence-electron chi connectivity index (χ0n) is 18.6. The molecule has 3 rings (SSSR count). The van der Waals surface area contributed by atoms with E-state index < -0.39 is 17.6 Å². The van der Waals surface area contributed by atoms with Gasteiger partial charge in [0.1, 0.15) is 5.75 Å². The molecule has 0 aliphatic rings. The molecule has 0 unspecified atom stereocenters. The lowest BCUT2D eigenvalue weighted by atomic mass is 10.1. The number of nitrogens with one attached hydrogen (secondary N) is 1. The fraction of sp³-hybridized carbons (Fsp3) is 0.231. The number of rotatable bonds is 9. The van der Waals surface area contributed by atoms with Gasteiger partial charge in [0, 0.05) is 12.1 Å². The smallest absolute Gasteiger partial charge is 0.418 e. The van der Waals surface area contributed by atoms with Crippen LogP contribution in [0, 0.1) is 0 Å². The lowest BCUT2D eigenvalue weighted by Gasteiger charge is -2.21. The summed E-state index contributed by atoms with van der Waals surface area (Å²) in [5, 5.41) is 2.26. The normalized spacial score (nSPS) is 11.1. The Bertz CT molecular complexity index is 1120. The SMILES string of the molecule is CCN(CC(=O)Nc1ccccc1C(F)(F)F)C(=O)CCOc1ccccc1-c1ccccc1. The molecule has 1 N–H and O–H groups in total. The Kier molecular flexibility index (Phi) is 8.29. The average Bonchev–Trinajstić information content (AvgIpc) is 2.83. The third-order valence-electron chi connectivity index (χ3n) is 5.12. The van der Waals surface area contributed by atoms with Crippen molar-refractivity contribution in [3.05, 3.63) is 84.4 Å². The summed E-state index contributed by atoms with van der Waals surface area (Å²) in [6, 6.07) is 21.9. The molecular formula is C26H25F3N2O3. The van der Waals surface area contributed by atoms with Crippen LogP contribution in [-0.2, 0) is 15.8 Å². The number of carbonyl (C=O) groups is 2. The lowest BCUT2D eigenvalue weighted by molar-refractivity contribution is -0.137. The molecule has 0 heterocycles. The van der Waals surface area contributed by atoms with E-state index in [0.29, 0.717) is 5.75 Å². The maximum Gasteiger partial charge on any atom is 0.418 e. The number of hydrogen-bond donors (Lipinski definition) is 1. The van der Waals surface area contributed by atoms with E-state index in [2.05, 4.69) is 5.32 Å². The number of nitrogens with zero attached hydrogens (tertiary/aromatic N) is 1. The van der Waals surface area contributed by atoms with Crippen LogP contribution < -0.4 is 10.1 Å². The molecule has 0 radical (unpaired) electrons. The van der Waals surface area contributed by atoms with E-state index in [0.717, 1.165) is 17.2 Å². The van der Waals surface area contributed by atoms with E-state index >= 15 is 0 Å². The Hall–Kier alpha value is -3.81. The predicted molar refractivity (Wildman–Crippen MR) is 124 cm³/mol. The van der Waals surface area contributed by atoms with E-state index in [-0.39, 0.29) is 37.7 Å². The van der Waals surface area contributed by atoms with Gasteiger partial charge in [-0.05, 0) is 30.7 Å². The highest BCUT2D eigenvalue weighted by Gasteiger charge is 2.33. The number of benzene rings is 3. The zero-order chi connectivity index (χ0) is 24.6. The number of alkyl halides is 3. The van der Waals surface area contributed by atoms with E-state index in [4.69, 9.17) is 4.74 Å². The summed E-state index contributed by atoms with van der Waals surface area (Å²) in [7, 11) is 0. The van der Waals surface area contributed by atoms with Crippen LogP contribution in [0.15, 0.2) is 78.9 Å². The first-order valence-electron chi connectivity index (χ1n) is 10.8. The minimum absolute atomic E-state index is 0.0172. The van der Waals surface area contributed by atoms with E-state index in [1.165, 1.54) is 23.1 Å². The molecule has 0 saturated heterocycles. The van der Waals surface area contributed by atoms with Crippen molar-refractivity contribution in [3.8, 4) is 16.9 Å². The minimum Gasteiger partial charge on any atom is -0.492 e. The van der Waals surface area contributed by atoms with Gasteiger partial charge >= 0.3 is 6.18 Å². The molecule has 0 saturated carbocycles. The molecule has 2 amide bonds. The molecule has 0 spiro atoms. The highest BCUT2D eigenvalue weighted by Crippen LogP contribution is 2.34. The van der Waals surface area contributed by atoms with Crippen molar-refractivity contribution < 1.29 is 27.5 Å². The highest BCUT2D eigenvalue weighted by atomic mass is 19.4. The Morgan fingerprint density at radius 1 is 0.912 bits per heavy atom. The van der Waals surface area contributed by atoms with Crippen LogP contribution in [-0.4, -0.2) is 36.4 Å². The summed E-state index contributed by atoms with van der Waals surface area (Å²) in [6.07, 6.45) is -4.58. The van der Waals surface area contributed by atoms with Crippen molar-refractivity contribution in [2.24, 2.45) is 0 Å². The second-order valence-electron chi connectivity index (χ2n) is 7.46. The van der Waals surface area contributed by atoms with Gasteiger partial charge in [0.2, 0.25) is 11.8 Å². The van der Waals surface area contributed by atoms with Gasteiger partial charge in [-0.1, -0.05) is 60.7 Å². The standard InChI is InChI=1S/C26H25F3N2O3/c1-2-31(18-24(32)30-22-14-8-7-13-21(22)26(27,28)29)25(33)16-17-34-23-15-9-6-12-20(23)19-10-4-3-5-11-19/h3-15H,2,16-18H2,1H3,(H,30,32). The molecule has 0 aliphatic carbocycles. The van der Waals surface area contributed by atoms with Crippen LogP contribution in [0.1, 0.15) is 18.9 Å². The van der Waals surface area contributed by atoms with Gasteiger partial charge in [-0.15, -0.1) is 0 Å². The van der Waals surface area contributed by atoms with Gasteiger partial charge in [-0.2, -0.15) is 13.2 Å². The van der Waals surface area contributed by atoms with Crippen LogP contribution in [0.25, 0.3) is 11.1 Å². The van der Waals surface area contributed by atoms with Crippen molar-refractivity contribution in [1.82, 2.24) is 4.90 Å². The van der Waals surface area contributed by atoms with E-state index in [1.807, 2.05) is 54.6 Å². The van der Waals surface area contributed by atoms with Gasteiger partial charge < -0.3 is 15.0 Å². The second-order valence-corrected chi connectivity index (χ2v) is 7.46. The number of ether oxygens (including phenoxy) is 1. The Labute approximate surface area is 196 Å². The summed E-state index contributed by atoms with van der Waals surface area (Å²) in [5.74, 6) is -0.410. The summed E-state index contributed by atoms with van der Waals surface area (Å²) in [6.45, 7) is 1.66. The van der Waals surface area contributed by atoms with Gasteiger partial charge in [0.15, 0.2) is 0 Å². The predicted octanol–water partition coefficient (Wildman–Crippen LogP) is 5.63. The van der Waals surface area contributed by atoms with Gasteiger partial charge in [0.05, 0.1) is 30.8 Å². The van der Waals surface area contributed by atoms with Gasteiger partial charge in [-0.3, -0.25) is 9.59 Å². The third-order valence-corrected chi connectivity index (χ3v) is 5.12. The van der Waals surface area contributed by atoms with Crippen LogP contribution in [0.4, 0.5) is 18.9 Å². The average molecular weight is 470 g/mol. The fourth-order valence-electron chi connectivity index (χ4n) is 3.43. The molecule has 178 valence electrons. The molecule has 8 heteroatoms. The molecule has 0 aromatic heterocycles. The number of hydrogen-bond acceptors (Lipinski definition) is 3. The van der Waals surface area contributed by atoms with Crippen molar-refractivity contribution in [2.75, 3.05) is 25.0 Å². The minimum atomic E-state index is -4.60. The van der Waals surface area contributed by atoms with Crippen LogP contribution in [0.5, 0.6) is 5.75 Å². The summed E-state index contributed by atoms with van der Waals surface area (Å²) in [4.78, 5) is 26.3. The maximum absolute atomic E-state index is 13.1. The zero-order valence-corrected chi connectivity index (χ0v) is 18.6. The topological polar surface area (TPSA) is 58.6 Å². The van der Waals surface area contributed by atoms with Crippen molar-refractivity contribution >= 4 is 17.5 Å². The van der Waals surface area contributed by atoms with Crippen LogP contribution >= 0.6 is 0 Å². The number of anilines is 1. The van der Waals surface area contributed by atoms with Crippen molar-refractivity contribution in [3.63, 3.8) is 0 Å².